The van der Waals surface area contributed by atoms with E-state index in [1.54, 1.807) is 0 Å². The second-order valence-corrected chi connectivity index (χ2v) is 6.83. The minimum absolute atomic E-state index is 0.108. The van der Waals surface area contributed by atoms with Gasteiger partial charge in [0.2, 0.25) is 0 Å². The van der Waals surface area contributed by atoms with Gasteiger partial charge < -0.3 is 0 Å². The average Bonchev–Trinajstić information content (AvgIpc) is 2.68. The van der Waals surface area contributed by atoms with Crippen molar-refractivity contribution in [1.29, 1.82) is 0 Å². The summed E-state index contributed by atoms with van der Waals surface area (Å²) in [5, 5.41) is 0. The molecular weight excluding hydrogens is 184 g/mol. The highest BCUT2D eigenvalue weighted by molar-refractivity contribution is 5.90. The van der Waals surface area contributed by atoms with Crippen LogP contribution in [0.5, 0.6) is 0 Å². The number of carbonyl (C=O) groups excluding carboxylic acids is 1. The Kier molecular flexibility index (Phi) is 1.64. The molecule has 3 aliphatic carbocycles. The fourth-order valence-corrected chi connectivity index (χ4v) is 5.60. The van der Waals surface area contributed by atoms with E-state index in [1.165, 1.54) is 32.1 Å². The summed E-state index contributed by atoms with van der Waals surface area (Å²) in [5.74, 6) is 1.25. The summed E-state index contributed by atoms with van der Waals surface area (Å²) in [4.78, 5) is 12.5. The Balaban J connectivity index is 2.21. The van der Waals surface area contributed by atoms with E-state index >= 15 is 0 Å². The standard InChI is InChI=1S/C14H22O/c1-10-5-8-13-6-4-7-14(10,13)11(15)9-12(13,2)3/h10H,4-9H2,1-3H3/t10-,13+,14+/m0/s1. The third kappa shape index (κ3) is 0.786. The maximum Gasteiger partial charge on any atom is 0.140 e. The molecule has 1 nitrogen and oxygen atoms in total. The van der Waals surface area contributed by atoms with Crippen molar-refractivity contribution in [3.05, 3.63) is 0 Å². The van der Waals surface area contributed by atoms with Gasteiger partial charge in [0.15, 0.2) is 0 Å². The largest absolute Gasteiger partial charge is 0.299 e. The Morgan fingerprint density at radius 1 is 1.20 bits per heavy atom. The zero-order valence-electron chi connectivity index (χ0n) is 10.2. The molecule has 0 amide bonds. The van der Waals surface area contributed by atoms with E-state index in [0.717, 1.165) is 6.42 Å². The SMILES string of the molecule is C[C@H]1CC[C@@]23CCC[C@]12C(=O)CC3(C)C. The average molecular weight is 206 g/mol. The van der Waals surface area contributed by atoms with Gasteiger partial charge in [0, 0.05) is 11.8 Å². The predicted octanol–water partition coefficient (Wildman–Crippen LogP) is 3.57. The molecule has 3 fully saturated rings. The fraction of sp³-hybridized carbons (Fsp3) is 0.929. The molecule has 84 valence electrons. The zero-order chi connectivity index (χ0) is 10.9. The lowest BCUT2D eigenvalue weighted by atomic mass is 9.59. The first-order chi connectivity index (χ1) is 6.96. The van der Waals surface area contributed by atoms with Gasteiger partial charge in [0.1, 0.15) is 5.78 Å². The molecule has 3 aliphatic rings. The van der Waals surface area contributed by atoms with Crippen LogP contribution in [0.2, 0.25) is 0 Å². The lowest BCUT2D eigenvalue weighted by Crippen LogP contribution is -2.41. The summed E-state index contributed by atoms with van der Waals surface area (Å²) >= 11 is 0. The van der Waals surface area contributed by atoms with Crippen LogP contribution in [-0.4, -0.2) is 5.78 Å². The van der Waals surface area contributed by atoms with Crippen LogP contribution in [0.4, 0.5) is 0 Å². The molecule has 0 spiro atoms. The predicted molar refractivity (Wildman–Crippen MR) is 60.5 cm³/mol. The lowest BCUT2D eigenvalue weighted by Gasteiger charge is -2.43. The number of ketones is 1. The van der Waals surface area contributed by atoms with Gasteiger partial charge in [-0.05, 0) is 42.4 Å². The number of hydrogen-bond acceptors (Lipinski definition) is 1. The maximum absolute atomic E-state index is 12.5. The van der Waals surface area contributed by atoms with Crippen LogP contribution in [-0.2, 0) is 4.79 Å². The lowest BCUT2D eigenvalue weighted by molar-refractivity contribution is -0.129. The monoisotopic (exact) mass is 206 g/mol. The molecular formula is C14H22O. The van der Waals surface area contributed by atoms with Crippen LogP contribution in [0.1, 0.15) is 59.3 Å². The Labute approximate surface area is 92.6 Å². The van der Waals surface area contributed by atoms with Crippen molar-refractivity contribution >= 4 is 5.78 Å². The number of carbonyl (C=O) groups is 1. The molecule has 15 heavy (non-hydrogen) atoms. The molecule has 3 atom stereocenters. The summed E-state index contributed by atoms with van der Waals surface area (Å²) in [6.45, 7) is 7.01. The quantitative estimate of drug-likeness (QED) is 0.592. The van der Waals surface area contributed by atoms with Gasteiger partial charge >= 0.3 is 0 Å². The maximum atomic E-state index is 12.5. The first-order valence-corrected chi connectivity index (χ1v) is 6.50. The highest BCUT2D eigenvalue weighted by atomic mass is 16.1. The van der Waals surface area contributed by atoms with Gasteiger partial charge in [-0.3, -0.25) is 4.79 Å². The molecule has 0 bridgehead atoms. The van der Waals surface area contributed by atoms with Crippen molar-refractivity contribution in [3.63, 3.8) is 0 Å². The van der Waals surface area contributed by atoms with Crippen LogP contribution >= 0.6 is 0 Å². The van der Waals surface area contributed by atoms with Crippen molar-refractivity contribution in [3.8, 4) is 0 Å². The van der Waals surface area contributed by atoms with E-state index in [-0.39, 0.29) is 10.8 Å². The molecule has 0 N–H and O–H groups in total. The van der Waals surface area contributed by atoms with E-state index in [0.29, 0.717) is 17.1 Å². The third-order valence-corrected chi connectivity index (χ3v) is 6.27. The van der Waals surface area contributed by atoms with E-state index in [9.17, 15) is 4.79 Å². The second kappa shape index (κ2) is 2.49. The van der Waals surface area contributed by atoms with Crippen LogP contribution in [0, 0.1) is 22.2 Å². The summed E-state index contributed by atoms with van der Waals surface area (Å²) in [5.41, 5.74) is 0.762. The molecule has 0 aliphatic heterocycles. The molecule has 0 saturated heterocycles. The Morgan fingerprint density at radius 3 is 2.60 bits per heavy atom. The zero-order valence-corrected chi connectivity index (χ0v) is 10.2. The van der Waals surface area contributed by atoms with Gasteiger partial charge in [-0.25, -0.2) is 0 Å². The number of rotatable bonds is 0. The van der Waals surface area contributed by atoms with Crippen LogP contribution in [0.15, 0.2) is 0 Å². The van der Waals surface area contributed by atoms with E-state index in [4.69, 9.17) is 0 Å². The molecule has 0 heterocycles. The van der Waals surface area contributed by atoms with Crippen molar-refractivity contribution in [2.45, 2.75) is 59.3 Å². The van der Waals surface area contributed by atoms with Gasteiger partial charge in [-0.2, -0.15) is 0 Å². The first-order valence-electron chi connectivity index (χ1n) is 6.50. The van der Waals surface area contributed by atoms with Crippen molar-refractivity contribution in [2.75, 3.05) is 0 Å². The van der Waals surface area contributed by atoms with Crippen molar-refractivity contribution in [2.24, 2.45) is 22.2 Å². The van der Waals surface area contributed by atoms with E-state index < -0.39 is 0 Å². The fourth-order valence-electron chi connectivity index (χ4n) is 5.60. The van der Waals surface area contributed by atoms with Gasteiger partial charge in [0.05, 0.1) is 0 Å². The summed E-state index contributed by atoms with van der Waals surface area (Å²) in [6.07, 6.45) is 7.24. The van der Waals surface area contributed by atoms with Gasteiger partial charge in [-0.1, -0.05) is 27.2 Å². The smallest absolute Gasteiger partial charge is 0.140 e. The molecule has 0 aromatic carbocycles. The Morgan fingerprint density at radius 2 is 1.93 bits per heavy atom. The van der Waals surface area contributed by atoms with Gasteiger partial charge in [0.25, 0.3) is 0 Å². The van der Waals surface area contributed by atoms with Crippen molar-refractivity contribution < 1.29 is 4.79 Å². The highest BCUT2D eigenvalue weighted by Gasteiger charge is 2.73. The summed E-state index contributed by atoms with van der Waals surface area (Å²) < 4.78 is 0. The van der Waals surface area contributed by atoms with E-state index in [2.05, 4.69) is 20.8 Å². The molecule has 0 aromatic rings. The van der Waals surface area contributed by atoms with Gasteiger partial charge in [-0.15, -0.1) is 0 Å². The molecule has 1 heteroatoms. The molecule has 3 rings (SSSR count). The van der Waals surface area contributed by atoms with Crippen molar-refractivity contribution in [1.82, 2.24) is 0 Å². The Hall–Kier alpha value is -0.330. The highest BCUT2D eigenvalue weighted by Crippen LogP contribution is 2.77. The number of Topliss-reactive ketones (excluding diaryl/α,β-unsaturated/α-hetero) is 1. The first kappa shape index (κ1) is 9.86. The second-order valence-electron chi connectivity index (χ2n) is 6.83. The van der Waals surface area contributed by atoms with E-state index in [1.807, 2.05) is 0 Å². The topological polar surface area (TPSA) is 17.1 Å². The van der Waals surface area contributed by atoms with Crippen LogP contribution < -0.4 is 0 Å². The van der Waals surface area contributed by atoms with Crippen LogP contribution in [0.25, 0.3) is 0 Å². The molecule has 0 aromatic heterocycles. The minimum atomic E-state index is 0.108. The minimum Gasteiger partial charge on any atom is -0.299 e. The number of hydrogen-bond donors (Lipinski definition) is 0. The summed E-state index contributed by atoms with van der Waals surface area (Å²) in [6, 6.07) is 0. The summed E-state index contributed by atoms with van der Waals surface area (Å²) in [7, 11) is 0. The normalized spacial score (nSPS) is 51.9. The third-order valence-electron chi connectivity index (χ3n) is 6.27. The molecule has 3 saturated carbocycles. The Bertz CT molecular complexity index is 330. The molecule has 0 radical (unpaired) electrons. The van der Waals surface area contributed by atoms with Crippen LogP contribution in [0.3, 0.4) is 0 Å². The molecule has 0 unspecified atom stereocenters.